The number of rotatable bonds is 3. The number of anilines is 1. The lowest BCUT2D eigenvalue weighted by atomic mass is 10.1. The van der Waals surface area contributed by atoms with Gasteiger partial charge in [0.2, 0.25) is 0 Å². The molecule has 0 radical (unpaired) electrons. The SMILES string of the molecule is CN1CCN(C(=O)c2ccc(NC(=O)NC3CCCC3)cc2)CC1. The van der Waals surface area contributed by atoms with E-state index in [1.807, 2.05) is 4.90 Å². The van der Waals surface area contributed by atoms with Crippen molar-refractivity contribution in [3.05, 3.63) is 29.8 Å². The van der Waals surface area contributed by atoms with Crippen LogP contribution in [0.1, 0.15) is 36.0 Å². The number of benzene rings is 1. The minimum absolute atomic E-state index is 0.0602. The third kappa shape index (κ3) is 4.26. The van der Waals surface area contributed by atoms with Gasteiger partial charge in [-0.1, -0.05) is 12.8 Å². The zero-order valence-corrected chi connectivity index (χ0v) is 14.3. The van der Waals surface area contributed by atoms with Gasteiger partial charge in [-0.05, 0) is 44.2 Å². The van der Waals surface area contributed by atoms with Crippen LogP contribution in [0, 0.1) is 0 Å². The van der Waals surface area contributed by atoms with Gasteiger partial charge in [0, 0.05) is 43.5 Å². The second-order valence-corrected chi connectivity index (χ2v) is 6.75. The van der Waals surface area contributed by atoms with E-state index in [0.29, 0.717) is 17.3 Å². The third-order valence-corrected chi connectivity index (χ3v) is 4.87. The van der Waals surface area contributed by atoms with Crippen molar-refractivity contribution < 1.29 is 9.59 Å². The van der Waals surface area contributed by atoms with Crippen molar-refractivity contribution >= 4 is 17.6 Å². The number of piperazine rings is 1. The highest BCUT2D eigenvalue weighted by Crippen LogP contribution is 2.18. The fourth-order valence-electron chi connectivity index (χ4n) is 3.31. The minimum atomic E-state index is -0.167. The number of hydrogen-bond acceptors (Lipinski definition) is 3. The fraction of sp³-hybridized carbons (Fsp3) is 0.556. The number of carbonyl (C=O) groups excluding carboxylic acids is 2. The standard InChI is InChI=1S/C18H26N4O2/c1-21-10-12-22(13-11-21)17(23)14-6-8-16(9-7-14)20-18(24)19-15-4-2-3-5-15/h6-9,15H,2-5,10-13H2,1H3,(H2,19,20,24). The molecule has 3 amide bonds. The van der Waals surface area contributed by atoms with Crippen LogP contribution in [0.5, 0.6) is 0 Å². The highest BCUT2D eigenvalue weighted by atomic mass is 16.2. The molecule has 6 nitrogen and oxygen atoms in total. The summed E-state index contributed by atoms with van der Waals surface area (Å²) in [5, 5.41) is 5.83. The van der Waals surface area contributed by atoms with Crippen molar-refractivity contribution in [3.8, 4) is 0 Å². The van der Waals surface area contributed by atoms with Crippen LogP contribution in [0.2, 0.25) is 0 Å². The quantitative estimate of drug-likeness (QED) is 0.892. The number of amides is 3. The van der Waals surface area contributed by atoms with E-state index in [-0.39, 0.29) is 11.9 Å². The lowest BCUT2D eigenvalue weighted by Gasteiger charge is -2.32. The van der Waals surface area contributed by atoms with Crippen LogP contribution in [0.25, 0.3) is 0 Å². The van der Waals surface area contributed by atoms with E-state index in [0.717, 1.165) is 39.0 Å². The van der Waals surface area contributed by atoms with Gasteiger partial charge < -0.3 is 20.4 Å². The monoisotopic (exact) mass is 330 g/mol. The van der Waals surface area contributed by atoms with Gasteiger partial charge in [0.25, 0.3) is 5.91 Å². The van der Waals surface area contributed by atoms with Crippen molar-refractivity contribution in [1.29, 1.82) is 0 Å². The van der Waals surface area contributed by atoms with Crippen molar-refractivity contribution in [1.82, 2.24) is 15.1 Å². The molecule has 0 spiro atoms. The van der Waals surface area contributed by atoms with Crippen molar-refractivity contribution in [2.75, 3.05) is 38.5 Å². The zero-order valence-electron chi connectivity index (χ0n) is 14.3. The molecule has 1 aliphatic heterocycles. The molecule has 1 aromatic rings. The Bertz CT molecular complexity index is 573. The smallest absolute Gasteiger partial charge is 0.319 e. The summed E-state index contributed by atoms with van der Waals surface area (Å²) in [5.74, 6) is 0.0602. The average Bonchev–Trinajstić information content (AvgIpc) is 3.08. The number of nitrogens with one attached hydrogen (secondary N) is 2. The Morgan fingerprint density at radius 1 is 1.00 bits per heavy atom. The van der Waals surface area contributed by atoms with E-state index in [2.05, 4.69) is 22.6 Å². The number of likely N-dealkylation sites (N-methyl/N-ethyl adjacent to an activating group) is 1. The maximum Gasteiger partial charge on any atom is 0.319 e. The maximum atomic E-state index is 12.5. The summed E-state index contributed by atoms with van der Waals surface area (Å²) in [7, 11) is 2.07. The first-order valence-electron chi connectivity index (χ1n) is 8.77. The molecule has 1 saturated carbocycles. The molecule has 0 bridgehead atoms. The van der Waals surface area contributed by atoms with E-state index in [1.165, 1.54) is 12.8 Å². The van der Waals surface area contributed by atoms with Crippen molar-refractivity contribution in [2.24, 2.45) is 0 Å². The first-order valence-corrected chi connectivity index (χ1v) is 8.77. The molecule has 0 unspecified atom stereocenters. The number of urea groups is 1. The van der Waals surface area contributed by atoms with Gasteiger partial charge in [0.05, 0.1) is 0 Å². The maximum absolute atomic E-state index is 12.5. The number of hydrogen-bond donors (Lipinski definition) is 2. The van der Waals surface area contributed by atoms with Gasteiger partial charge in [-0.2, -0.15) is 0 Å². The van der Waals surface area contributed by atoms with Gasteiger partial charge in [-0.15, -0.1) is 0 Å². The molecule has 2 aliphatic rings. The second kappa shape index (κ2) is 7.66. The molecule has 24 heavy (non-hydrogen) atoms. The Balaban J connectivity index is 1.52. The zero-order chi connectivity index (χ0) is 16.9. The Morgan fingerprint density at radius 3 is 2.25 bits per heavy atom. The van der Waals surface area contributed by atoms with E-state index >= 15 is 0 Å². The first-order chi connectivity index (χ1) is 11.6. The second-order valence-electron chi connectivity index (χ2n) is 6.75. The van der Waals surface area contributed by atoms with Crippen LogP contribution in [0.4, 0.5) is 10.5 Å². The number of nitrogens with zero attached hydrogens (tertiary/aromatic N) is 2. The summed E-state index contributed by atoms with van der Waals surface area (Å²) in [5.41, 5.74) is 1.38. The predicted molar refractivity (Wildman–Crippen MR) is 94.3 cm³/mol. The van der Waals surface area contributed by atoms with Crippen LogP contribution < -0.4 is 10.6 Å². The molecule has 2 fully saturated rings. The van der Waals surface area contributed by atoms with E-state index in [1.54, 1.807) is 24.3 Å². The lowest BCUT2D eigenvalue weighted by Crippen LogP contribution is -2.47. The molecule has 1 saturated heterocycles. The molecule has 1 heterocycles. The summed E-state index contributed by atoms with van der Waals surface area (Å²) in [4.78, 5) is 28.5. The van der Waals surface area contributed by atoms with Crippen LogP contribution >= 0.6 is 0 Å². The molecule has 6 heteroatoms. The summed E-state index contributed by atoms with van der Waals surface area (Å²) >= 11 is 0. The lowest BCUT2D eigenvalue weighted by molar-refractivity contribution is 0.0664. The van der Waals surface area contributed by atoms with E-state index in [9.17, 15) is 9.59 Å². The summed E-state index contributed by atoms with van der Waals surface area (Å²) in [6, 6.07) is 7.27. The van der Waals surface area contributed by atoms with Crippen LogP contribution in [-0.2, 0) is 0 Å². The summed E-state index contributed by atoms with van der Waals surface area (Å²) < 4.78 is 0. The van der Waals surface area contributed by atoms with E-state index in [4.69, 9.17) is 0 Å². The molecule has 1 aromatic carbocycles. The topological polar surface area (TPSA) is 64.7 Å². The van der Waals surface area contributed by atoms with E-state index < -0.39 is 0 Å². The predicted octanol–water partition coefficient (Wildman–Crippen LogP) is 2.14. The fourth-order valence-corrected chi connectivity index (χ4v) is 3.31. The Hall–Kier alpha value is -2.08. The van der Waals surface area contributed by atoms with Gasteiger partial charge in [0.1, 0.15) is 0 Å². The molecule has 3 rings (SSSR count). The highest BCUT2D eigenvalue weighted by molar-refractivity contribution is 5.95. The third-order valence-electron chi connectivity index (χ3n) is 4.87. The Morgan fingerprint density at radius 2 is 1.62 bits per heavy atom. The van der Waals surface area contributed by atoms with Crippen molar-refractivity contribution in [3.63, 3.8) is 0 Å². The average molecular weight is 330 g/mol. The Labute approximate surface area is 143 Å². The van der Waals surface area contributed by atoms with Gasteiger partial charge >= 0.3 is 6.03 Å². The normalized spacial score (nSPS) is 19.3. The Kier molecular flexibility index (Phi) is 5.35. The molecule has 130 valence electrons. The summed E-state index contributed by atoms with van der Waals surface area (Å²) in [6.45, 7) is 3.34. The van der Waals surface area contributed by atoms with Crippen LogP contribution in [0.3, 0.4) is 0 Å². The van der Waals surface area contributed by atoms with Gasteiger partial charge in [-0.25, -0.2) is 4.79 Å². The molecule has 0 aromatic heterocycles. The van der Waals surface area contributed by atoms with Gasteiger partial charge in [0.15, 0.2) is 0 Å². The van der Waals surface area contributed by atoms with Crippen LogP contribution in [-0.4, -0.2) is 61.0 Å². The molecular formula is C18H26N4O2. The van der Waals surface area contributed by atoms with Crippen molar-refractivity contribution in [2.45, 2.75) is 31.7 Å². The minimum Gasteiger partial charge on any atom is -0.336 e. The molecule has 1 aliphatic carbocycles. The first kappa shape index (κ1) is 16.8. The molecule has 0 atom stereocenters. The number of carbonyl (C=O) groups is 2. The molecular weight excluding hydrogens is 304 g/mol. The van der Waals surface area contributed by atoms with Crippen LogP contribution in [0.15, 0.2) is 24.3 Å². The van der Waals surface area contributed by atoms with Gasteiger partial charge in [-0.3, -0.25) is 4.79 Å². The summed E-state index contributed by atoms with van der Waals surface area (Å²) in [6.07, 6.45) is 4.50. The largest absolute Gasteiger partial charge is 0.336 e. The molecule has 2 N–H and O–H groups in total. The highest BCUT2D eigenvalue weighted by Gasteiger charge is 2.20.